The molecule has 5 heteroatoms. The third kappa shape index (κ3) is 3.31. The number of nitrogens with one attached hydrogen (secondary N) is 1. The Hall–Kier alpha value is -1.41. The molecule has 1 rings (SSSR count). The summed E-state index contributed by atoms with van der Waals surface area (Å²) in [5.74, 6) is 0.0115. The van der Waals surface area contributed by atoms with Crippen LogP contribution in [0.1, 0.15) is 26.7 Å². The van der Waals surface area contributed by atoms with Crippen LogP contribution >= 0.6 is 0 Å². The van der Waals surface area contributed by atoms with E-state index in [-0.39, 0.29) is 12.3 Å². The monoisotopic (exact) mass is 222 g/mol. The number of nitrogens with zero attached hydrogens (tertiary/aromatic N) is 3. The molecular weight excluding hydrogens is 204 g/mol. The van der Waals surface area contributed by atoms with Crippen molar-refractivity contribution < 1.29 is 4.79 Å². The van der Waals surface area contributed by atoms with Gasteiger partial charge >= 0.3 is 0 Å². The van der Waals surface area contributed by atoms with Crippen molar-refractivity contribution in [1.29, 1.82) is 5.26 Å². The number of likely N-dealkylation sites (tertiary alicyclic amines) is 1. The molecule has 1 heterocycles. The molecular formula is C11H18N4O. The molecule has 1 aliphatic heterocycles. The zero-order valence-corrected chi connectivity index (χ0v) is 10.0. The zero-order valence-electron chi connectivity index (χ0n) is 10.0. The van der Waals surface area contributed by atoms with E-state index < -0.39 is 0 Å². The van der Waals surface area contributed by atoms with Crippen LogP contribution in [0.25, 0.3) is 0 Å². The van der Waals surface area contributed by atoms with Crippen LogP contribution in [0, 0.1) is 17.2 Å². The largest absolute Gasteiger partial charge is 0.303 e. The van der Waals surface area contributed by atoms with Crippen molar-refractivity contribution in [1.82, 2.24) is 10.3 Å². The van der Waals surface area contributed by atoms with Gasteiger partial charge in [0.2, 0.25) is 0 Å². The van der Waals surface area contributed by atoms with E-state index in [1.54, 1.807) is 6.07 Å². The van der Waals surface area contributed by atoms with Gasteiger partial charge in [0.25, 0.3) is 5.91 Å². The van der Waals surface area contributed by atoms with Crippen LogP contribution < -0.4 is 5.43 Å². The maximum Gasteiger partial charge on any atom is 0.254 e. The van der Waals surface area contributed by atoms with Crippen molar-refractivity contribution in [2.75, 3.05) is 13.6 Å². The number of carbonyl (C=O) groups excluding carboxylic acids is 1. The van der Waals surface area contributed by atoms with Gasteiger partial charge in [0.05, 0.1) is 6.07 Å². The first-order chi connectivity index (χ1) is 7.54. The Morgan fingerprint density at radius 2 is 2.38 bits per heavy atom. The Kier molecular flexibility index (Phi) is 4.44. The third-order valence-corrected chi connectivity index (χ3v) is 2.95. The van der Waals surface area contributed by atoms with Crippen molar-refractivity contribution >= 4 is 11.6 Å². The van der Waals surface area contributed by atoms with Crippen molar-refractivity contribution in [3.8, 4) is 6.07 Å². The van der Waals surface area contributed by atoms with E-state index in [0.29, 0.717) is 12.0 Å². The van der Waals surface area contributed by atoms with Crippen molar-refractivity contribution in [3.63, 3.8) is 0 Å². The standard InChI is InChI=1S/C11H18N4O/c1-8-7-15(3)9(2)6-10(8)13-14-11(16)4-5-12/h8-9H,4,6-7H2,1-3H3,(H,14,16)/b13-10+/t8-,9-/m0/s1. The Labute approximate surface area is 96.1 Å². The number of amides is 1. The molecule has 1 N–H and O–H groups in total. The number of rotatable bonds is 2. The van der Waals surface area contributed by atoms with Crippen LogP contribution in [0.3, 0.4) is 0 Å². The lowest BCUT2D eigenvalue weighted by atomic mass is 9.93. The number of nitriles is 1. The fourth-order valence-corrected chi connectivity index (χ4v) is 1.78. The summed E-state index contributed by atoms with van der Waals surface area (Å²) in [6, 6.07) is 2.24. The van der Waals surface area contributed by atoms with Crippen LogP contribution in [0.2, 0.25) is 0 Å². The Morgan fingerprint density at radius 3 is 3.00 bits per heavy atom. The van der Waals surface area contributed by atoms with E-state index in [0.717, 1.165) is 18.7 Å². The first kappa shape index (κ1) is 12.7. The summed E-state index contributed by atoms with van der Waals surface area (Å²) in [7, 11) is 2.09. The van der Waals surface area contributed by atoms with Crippen molar-refractivity contribution in [2.45, 2.75) is 32.7 Å². The average molecular weight is 222 g/mol. The summed E-state index contributed by atoms with van der Waals surface area (Å²) in [5.41, 5.74) is 3.44. The normalized spacial score (nSPS) is 28.8. The van der Waals surface area contributed by atoms with Gasteiger partial charge in [-0.3, -0.25) is 4.79 Å². The van der Waals surface area contributed by atoms with E-state index in [9.17, 15) is 4.79 Å². The minimum atomic E-state index is -0.339. The molecule has 0 aromatic carbocycles. The molecule has 0 unspecified atom stereocenters. The highest BCUT2D eigenvalue weighted by molar-refractivity contribution is 5.89. The maximum atomic E-state index is 11.1. The van der Waals surface area contributed by atoms with E-state index in [1.807, 2.05) is 0 Å². The lowest BCUT2D eigenvalue weighted by Gasteiger charge is -2.34. The Balaban J connectivity index is 2.56. The molecule has 88 valence electrons. The minimum Gasteiger partial charge on any atom is -0.303 e. The van der Waals surface area contributed by atoms with Crippen LogP contribution in [-0.4, -0.2) is 36.2 Å². The zero-order chi connectivity index (χ0) is 12.1. The van der Waals surface area contributed by atoms with E-state index in [4.69, 9.17) is 5.26 Å². The number of carbonyl (C=O) groups is 1. The van der Waals surface area contributed by atoms with Crippen LogP contribution in [0.5, 0.6) is 0 Å². The predicted molar refractivity (Wildman–Crippen MR) is 61.7 cm³/mol. The Morgan fingerprint density at radius 1 is 1.69 bits per heavy atom. The second-order valence-corrected chi connectivity index (χ2v) is 4.37. The molecule has 1 amide bonds. The number of hydrogen-bond acceptors (Lipinski definition) is 4. The molecule has 0 bridgehead atoms. The highest BCUT2D eigenvalue weighted by Gasteiger charge is 2.25. The molecule has 16 heavy (non-hydrogen) atoms. The van der Waals surface area contributed by atoms with Gasteiger partial charge in [-0.2, -0.15) is 10.4 Å². The van der Waals surface area contributed by atoms with Gasteiger partial charge in [-0.15, -0.1) is 0 Å². The number of hydrazone groups is 1. The second kappa shape index (κ2) is 5.61. The topological polar surface area (TPSA) is 68.5 Å². The lowest BCUT2D eigenvalue weighted by Crippen LogP contribution is -2.43. The maximum absolute atomic E-state index is 11.1. The van der Waals surface area contributed by atoms with E-state index >= 15 is 0 Å². The molecule has 0 radical (unpaired) electrons. The molecule has 0 aromatic heterocycles. The quantitative estimate of drug-likeness (QED) is 0.700. The first-order valence-electron chi connectivity index (χ1n) is 5.47. The molecule has 1 fully saturated rings. The minimum absolute atomic E-state index is 0.138. The molecule has 0 aromatic rings. The highest BCUT2D eigenvalue weighted by Crippen LogP contribution is 2.17. The van der Waals surface area contributed by atoms with E-state index in [2.05, 4.69) is 36.3 Å². The van der Waals surface area contributed by atoms with Gasteiger partial charge in [-0.1, -0.05) is 6.92 Å². The fourth-order valence-electron chi connectivity index (χ4n) is 1.78. The number of piperidine rings is 1. The number of hydrogen-bond donors (Lipinski definition) is 1. The summed E-state index contributed by atoms with van der Waals surface area (Å²) < 4.78 is 0. The predicted octanol–water partition coefficient (Wildman–Crippen LogP) is 0.732. The molecule has 1 aliphatic rings. The van der Waals surface area contributed by atoms with Gasteiger partial charge in [0.1, 0.15) is 6.42 Å². The molecule has 0 spiro atoms. The van der Waals surface area contributed by atoms with Crippen molar-refractivity contribution in [2.24, 2.45) is 11.0 Å². The summed E-state index contributed by atoms with van der Waals surface area (Å²) in [5, 5.41) is 12.4. The Bertz CT molecular complexity index is 331. The van der Waals surface area contributed by atoms with Crippen LogP contribution in [0.15, 0.2) is 5.10 Å². The van der Waals surface area contributed by atoms with Gasteiger partial charge in [0, 0.05) is 30.6 Å². The summed E-state index contributed by atoms with van der Waals surface area (Å²) >= 11 is 0. The van der Waals surface area contributed by atoms with Crippen LogP contribution in [0.4, 0.5) is 0 Å². The van der Waals surface area contributed by atoms with E-state index in [1.165, 1.54) is 0 Å². The fraction of sp³-hybridized carbons (Fsp3) is 0.727. The third-order valence-electron chi connectivity index (χ3n) is 2.95. The molecule has 1 saturated heterocycles. The van der Waals surface area contributed by atoms with Gasteiger partial charge < -0.3 is 4.90 Å². The molecule has 5 nitrogen and oxygen atoms in total. The van der Waals surface area contributed by atoms with Crippen LogP contribution in [-0.2, 0) is 4.79 Å². The second-order valence-electron chi connectivity index (χ2n) is 4.37. The van der Waals surface area contributed by atoms with Gasteiger partial charge in [0.15, 0.2) is 0 Å². The van der Waals surface area contributed by atoms with Gasteiger partial charge in [-0.25, -0.2) is 5.43 Å². The lowest BCUT2D eigenvalue weighted by molar-refractivity contribution is -0.120. The summed E-state index contributed by atoms with van der Waals surface area (Å²) in [6.45, 7) is 5.18. The van der Waals surface area contributed by atoms with Crippen molar-refractivity contribution in [3.05, 3.63) is 0 Å². The highest BCUT2D eigenvalue weighted by atomic mass is 16.2. The van der Waals surface area contributed by atoms with Gasteiger partial charge in [-0.05, 0) is 14.0 Å². The molecule has 2 atom stereocenters. The average Bonchev–Trinajstić information content (AvgIpc) is 2.22. The molecule has 0 saturated carbocycles. The summed E-state index contributed by atoms with van der Waals surface area (Å²) in [6.07, 6.45) is 0.727. The first-order valence-corrected chi connectivity index (χ1v) is 5.47. The molecule has 0 aliphatic carbocycles. The SMILES string of the molecule is C[C@H]1CN(C)[C@@H](C)C/C1=N\NC(=O)CC#N. The summed E-state index contributed by atoms with van der Waals surface area (Å²) in [4.78, 5) is 13.4. The smallest absolute Gasteiger partial charge is 0.254 e.